The van der Waals surface area contributed by atoms with Gasteiger partial charge in [-0.2, -0.15) is 10.4 Å². The molecule has 150 valence electrons. The second-order valence-corrected chi connectivity index (χ2v) is 6.94. The first kappa shape index (κ1) is 18.3. The van der Waals surface area contributed by atoms with Gasteiger partial charge in [0.25, 0.3) is 6.43 Å². The Morgan fingerprint density at radius 2 is 2.07 bits per heavy atom. The third-order valence-electron chi connectivity index (χ3n) is 5.07. The highest BCUT2D eigenvalue weighted by Crippen LogP contribution is 2.46. The normalized spacial score (nSPS) is 15.8. The molecule has 0 spiro atoms. The zero-order chi connectivity index (χ0) is 20.8. The van der Waals surface area contributed by atoms with Crippen LogP contribution >= 0.6 is 0 Å². The summed E-state index contributed by atoms with van der Waals surface area (Å²) in [6.45, 7) is 0.0294. The molecule has 4 aromatic rings. The van der Waals surface area contributed by atoms with E-state index in [-0.39, 0.29) is 24.6 Å². The number of ether oxygens (including phenoxy) is 1. The van der Waals surface area contributed by atoms with E-state index in [4.69, 9.17) is 4.74 Å². The minimum absolute atomic E-state index is 0.0238. The monoisotopic (exact) mass is 407 g/mol. The molecule has 1 aliphatic rings. The lowest BCUT2D eigenvalue weighted by atomic mass is 9.95. The molecule has 7 nitrogen and oxygen atoms in total. The third kappa shape index (κ3) is 2.73. The number of hydrogen-bond donors (Lipinski definition) is 2. The molecule has 1 atom stereocenters. The Hall–Kier alpha value is -3.77. The van der Waals surface area contributed by atoms with E-state index >= 15 is 0 Å². The number of H-pyrrole nitrogens is 1. The summed E-state index contributed by atoms with van der Waals surface area (Å²) in [6.07, 6.45) is -2.10. The fourth-order valence-corrected chi connectivity index (χ4v) is 3.84. The summed E-state index contributed by atoms with van der Waals surface area (Å²) in [6, 6.07) is 12.7. The summed E-state index contributed by atoms with van der Waals surface area (Å²) < 4.78 is 34.8. The van der Waals surface area contributed by atoms with Gasteiger partial charge in [-0.15, -0.1) is 0 Å². The number of hydrogen-bond acceptors (Lipinski definition) is 5. The number of nitriles is 1. The van der Waals surface area contributed by atoms with Crippen molar-refractivity contribution >= 4 is 11.0 Å². The van der Waals surface area contributed by atoms with Crippen molar-refractivity contribution in [1.82, 2.24) is 19.7 Å². The second-order valence-electron chi connectivity index (χ2n) is 6.94. The van der Waals surface area contributed by atoms with Crippen molar-refractivity contribution in [2.75, 3.05) is 6.61 Å². The summed E-state index contributed by atoms with van der Waals surface area (Å²) in [5.41, 5.74) is 2.05. The molecule has 0 saturated heterocycles. The first-order valence-electron chi connectivity index (χ1n) is 9.24. The molecule has 0 amide bonds. The maximum Gasteiger partial charge on any atom is 0.282 e. The van der Waals surface area contributed by atoms with Gasteiger partial charge in [0.1, 0.15) is 24.1 Å². The average molecular weight is 407 g/mol. The van der Waals surface area contributed by atoms with Crippen LogP contribution in [0.1, 0.15) is 17.7 Å². The van der Waals surface area contributed by atoms with E-state index < -0.39 is 18.2 Å². The molecule has 3 aromatic heterocycles. The number of benzene rings is 1. The summed E-state index contributed by atoms with van der Waals surface area (Å²) in [5, 5.41) is 24.2. The molecule has 4 heterocycles. The fourth-order valence-electron chi connectivity index (χ4n) is 3.84. The van der Waals surface area contributed by atoms with E-state index in [0.717, 1.165) is 0 Å². The maximum absolute atomic E-state index is 14.0. The highest BCUT2D eigenvalue weighted by atomic mass is 19.3. The Bertz CT molecular complexity index is 1300. The number of aliphatic hydroxyl groups is 1. The number of alkyl halides is 2. The van der Waals surface area contributed by atoms with Gasteiger partial charge >= 0.3 is 0 Å². The Kier molecular flexibility index (Phi) is 4.22. The smallest absolute Gasteiger partial charge is 0.282 e. The van der Waals surface area contributed by atoms with E-state index in [0.29, 0.717) is 33.4 Å². The molecule has 9 heteroatoms. The molecule has 1 aromatic carbocycles. The van der Waals surface area contributed by atoms with Gasteiger partial charge in [-0.25, -0.2) is 18.4 Å². The second kappa shape index (κ2) is 6.93. The molecule has 1 aliphatic heterocycles. The third-order valence-corrected chi connectivity index (χ3v) is 5.07. The van der Waals surface area contributed by atoms with Gasteiger partial charge in [0.15, 0.2) is 0 Å². The van der Waals surface area contributed by atoms with E-state index in [1.807, 2.05) is 6.07 Å². The van der Waals surface area contributed by atoms with Gasteiger partial charge in [-0.1, -0.05) is 18.2 Å². The zero-order valence-electron chi connectivity index (χ0n) is 15.5. The van der Waals surface area contributed by atoms with Crippen LogP contribution in [0.2, 0.25) is 0 Å². The molecule has 0 bridgehead atoms. The van der Waals surface area contributed by atoms with E-state index in [1.165, 1.54) is 4.68 Å². The lowest BCUT2D eigenvalue weighted by molar-refractivity contribution is 0.0556. The van der Waals surface area contributed by atoms with Crippen LogP contribution in [0.25, 0.3) is 33.4 Å². The number of aromatic nitrogens is 4. The SMILES string of the molecule is N#Cc1ccccc1-c1c(-c2c(C(F)F)nn3c2OC[C@H](O)C3)[nH]c2ncccc12. The van der Waals surface area contributed by atoms with Gasteiger partial charge in [0, 0.05) is 22.7 Å². The van der Waals surface area contributed by atoms with Crippen LogP contribution in [0.3, 0.4) is 0 Å². The topological polar surface area (TPSA) is 99.8 Å². The molecule has 5 rings (SSSR count). The Morgan fingerprint density at radius 3 is 2.87 bits per heavy atom. The van der Waals surface area contributed by atoms with Gasteiger partial charge in [0.2, 0.25) is 5.88 Å². The van der Waals surface area contributed by atoms with Crippen LogP contribution in [0.15, 0.2) is 42.6 Å². The molecule has 2 N–H and O–H groups in total. The number of rotatable bonds is 3. The molecule has 0 unspecified atom stereocenters. The van der Waals surface area contributed by atoms with Crippen LogP contribution < -0.4 is 4.74 Å². The fraction of sp³-hybridized carbons (Fsp3) is 0.190. The minimum atomic E-state index is -2.86. The Morgan fingerprint density at radius 1 is 1.23 bits per heavy atom. The van der Waals surface area contributed by atoms with Crippen molar-refractivity contribution in [1.29, 1.82) is 5.26 Å². The van der Waals surface area contributed by atoms with Gasteiger partial charge in [-0.3, -0.25) is 0 Å². The number of nitrogens with zero attached hydrogens (tertiary/aromatic N) is 4. The van der Waals surface area contributed by atoms with Crippen molar-refractivity contribution in [2.24, 2.45) is 0 Å². The molecular weight excluding hydrogens is 392 g/mol. The largest absolute Gasteiger partial charge is 0.475 e. The molecule has 30 heavy (non-hydrogen) atoms. The van der Waals surface area contributed by atoms with Crippen LogP contribution in [0, 0.1) is 11.3 Å². The summed E-state index contributed by atoms with van der Waals surface area (Å²) >= 11 is 0. The van der Waals surface area contributed by atoms with Crippen LogP contribution in [0.5, 0.6) is 5.88 Å². The van der Waals surface area contributed by atoms with Crippen molar-refractivity contribution in [2.45, 2.75) is 19.1 Å². The predicted octanol–water partition coefficient (Wildman–Crippen LogP) is 3.66. The lowest BCUT2D eigenvalue weighted by Gasteiger charge is -2.20. The Labute approximate surface area is 169 Å². The van der Waals surface area contributed by atoms with Gasteiger partial charge in [-0.05, 0) is 18.2 Å². The lowest BCUT2D eigenvalue weighted by Crippen LogP contribution is -2.30. The van der Waals surface area contributed by atoms with Crippen LogP contribution in [-0.2, 0) is 6.54 Å². The molecular formula is C21H15F2N5O2. The summed E-state index contributed by atoms with van der Waals surface area (Å²) in [7, 11) is 0. The number of halogens is 2. The number of nitrogens with one attached hydrogen (secondary N) is 1. The zero-order valence-corrected chi connectivity index (χ0v) is 15.5. The van der Waals surface area contributed by atoms with E-state index in [9.17, 15) is 19.1 Å². The first-order valence-corrected chi connectivity index (χ1v) is 9.24. The van der Waals surface area contributed by atoms with Crippen molar-refractivity contribution in [3.8, 4) is 34.3 Å². The molecule has 0 aliphatic carbocycles. The van der Waals surface area contributed by atoms with Gasteiger partial charge < -0.3 is 14.8 Å². The number of pyridine rings is 1. The van der Waals surface area contributed by atoms with Gasteiger partial charge in [0.05, 0.1) is 29.4 Å². The standard InChI is InChI=1S/C21H15F2N5O2/c22-19(23)18-16(21-28(27-18)9-12(29)10-30-21)17-15(13-5-2-1-4-11(13)8-24)14-6-3-7-25-20(14)26-17/h1-7,12,19,29H,9-10H2,(H,25,26)/t12-/m1/s1. The summed E-state index contributed by atoms with van der Waals surface area (Å²) in [4.78, 5) is 7.44. The summed E-state index contributed by atoms with van der Waals surface area (Å²) in [5.74, 6) is 0.151. The van der Waals surface area contributed by atoms with E-state index in [2.05, 4.69) is 21.1 Å². The highest BCUT2D eigenvalue weighted by molar-refractivity contribution is 6.04. The molecule has 0 radical (unpaired) electrons. The van der Waals surface area contributed by atoms with Crippen LogP contribution in [0.4, 0.5) is 8.78 Å². The molecule has 0 fully saturated rings. The quantitative estimate of drug-likeness (QED) is 0.540. The van der Waals surface area contributed by atoms with Crippen molar-refractivity contribution < 1.29 is 18.6 Å². The van der Waals surface area contributed by atoms with E-state index in [1.54, 1.807) is 36.5 Å². The van der Waals surface area contributed by atoms with Crippen molar-refractivity contribution in [3.63, 3.8) is 0 Å². The highest BCUT2D eigenvalue weighted by Gasteiger charge is 2.33. The first-order chi connectivity index (χ1) is 14.6. The number of aliphatic hydroxyl groups excluding tert-OH is 1. The maximum atomic E-state index is 14.0. The Balaban J connectivity index is 1.87. The number of fused-ring (bicyclic) bond motifs is 2. The predicted molar refractivity (Wildman–Crippen MR) is 104 cm³/mol. The van der Waals surface area contributed by atoms with Crippen molar-refractivity contribution in [3.05, 3.63) is 53.9 Å². The molecule has 0 saturated carbocycles. The van der Waals surface area contributed by atoms with Crippen LogP contribution in [-0.4, -0.2) is 37.6 Å². The minimum Gasteiger partial charge on any atom is -0.475 e. The number of aromatic amines is 1. The average Bonchev–Trinajstić information content (AvgIpc) is 3.31.